The quantitative estimate of drug-likeness (QED) is 0.0489. The predicted molar refractivity (Wildman–Crippen MR) is 128 cm³/mol. The molecule has 2 saturated heterocycles. The maximum Gasteiger partial charge on any atom is 0.409 e. The number of ether oxygens (including phenoxy) is 6. The highest BCUT2D eigenvalue weighted by Gasteiger charge is 2.83. The van der Waals surface area contributed by atoms with Gasteiger partial charge in [-0.2, -0.15) is 0 Å². The van der Waals surface area contributed by atoms with Crippen LogP contribution in [0, 0.1) is 0 Å². The van der Waals surface area contributed by atoms with Crippen LogP contribution < -0.4 is 0 Å². The summed E-state index contributed by atoms with van der Waals surface area (Å²) in [6.45, 7) is 9.30. The molecule has 0 aromatic rings. The minimum Gasteiger partial charge on any atom is -0.419 e. The molecule has 8 N–H and O–H groups in total. The molecule has 2 aliphatic rings. The fraction of sp³-hybridized carbons (Fsp3) is 0.625. The molecule has 17 heteroatoms. The van der Waals surface area contributed by atoms with Crippen LogP contribution in [-0.2, 0) is 42.8 Å². The van der Waals surface area contributed by atoms with E-state index in [4.69, 9.17) is 28.4 Å². The van der Waals surface area contributed by atoms with Gasteiger partial charge < -0.3 is 64.5 Å². The van der Waals surface area contributed by atoms with Gasteiger partial charge in [-0.3, -0.25) is 4.74 Å². The zero-order chi connectivity index (χ0) is 31.7. The Bertz CT molecular complexity index is 1090. The van der Waals surface area contributed by atoms with Crippen LogP contribution in [0.1, 0.15) is 20.8 Å². The summed E-state index contributed by atoms with van der Waals surface area (Å²) >= 11 is 0. The van der Waals surface area contributed by atoms with Crippen LogP contribution in [-0.4, -0.2) is 132 Å². The zero-order valence-electron chi connectivity index (χ0n) is 22.4. The molecule has 0 radical (unpaired) electrons. The first-order valence-electron chi connectivity index (χ1n) is 11.9. The average molecular weight is 595 g/mol. The monoisotopic (exact) mass is 594 g/mol. The van der Waals surface area contributed by atoms with E-state index in [-0.39, 0.29) is 0 Å². The van der Waals surface area contributed by atoms with Crippen LogP contribution in [0.15, 0.2) is 36.5 Å². The van der Waals surface area contributed by atoms with E-state index < -0.39 is 108 Å². The Hall–Kier alpha value is -2.81. The van der Waals surface area contributed by atoms with E-state index in [2.05, 4.69) is 19.7 Å². The normalized spacial score (nSPS) is 38.6. The lowest BCUT2D eigenvalue weighted by molar-refractivity contribution is -0.586. The summed E-state index contributed by atoms with van der Waals surface area (Å²) < 4.78 is 31.0. The number of esters is 3. The number of aliphatic hydroxyl groups excluding tert-OH is 6. The predicted octanol–water partition coefficient (Wildman–Crippen LogP) is -4.05. The number of hydrogen-bond acceptors (Lipinski definition) is 17. The minimum absolute atomic E-state index is 0.452. The van der Waals surface area contributed by atoms with Gasteiger partial charge in [-0.05, 0) is 20.8 Å². The van der Waals surface area contributed by atoms with Gasteiger partial charge in [-0.15, -0.1) is 0 Å². The molecule has 2 rings (SSSR count). The first-order valence-corrected chi connectivity index (χ1v) is 11.9. The number of carbonyl (C=O) groups is 3. The lowest BCUT2D eigenvalue weighted by Crippen LogP contribution is -2.84. The Labute approximate surface area is 233 Å². The zero-order valence-corrected chi connectivity index (χ0v) is 22.4. The fourth-order valence-corrected chi connectivity index (χ4v) is 3.76. The van der Waals surface area contributed by atoms with E-state index in [1.807, 2.05) is 0 Å². The van der Waals surface area contributed by atoms with Crippen LogP contribution in [0.3, 0.4) is 0 Å². The van der Waals surface area contributed by atoms with E-state index >= 15 is 0 Å². The van der Waals surface area contributed by atoms with Crippen molar-refractivity contribution in [1.29, 1.82) is 0 Å². The molecule has 17 nitrogen and oxygen atoms in total. The van der Waals surface area contributed by atoms with Gasteiger partial charge >= 0.3 is 35.5 Å². The molecule has 0 saturated carbocycles. The van der Waals surface area contributed by atoms with Crippen molar-refractivity contribution in [2.24, 2.45) is 0 Å². The van der Waals surface area contributed by atoms with Crippen molar-refractivity contribution < 1.29 is 83.7 Å². The number of rotatable bonds is 11. The molecule has 2 heterocycles. The van der Waals surface area contributed by atoms with Crippen molar-refractivity contribution in [2.45, 2.75) is 74.6 Å². The van der Waals surface area contributed by atoms with Gasteiger partial charge in [0.05, 0.1) is 13.2 Å². The summed E-state index contributed by atoms with van der Waals surface area (Å²) in [6, 6.07) is 0. The third kappa shape index (κ3) is 5.79. The van der Waals surface area contributed by atoms with Crippen LogP contribution in [0.25, 0.3) is 0 Å². The van der Waals surface area contributed by atoms with Crippen molar-refractivity contribution in [2.75, 3.05) is 19.8 Å². The van der Waals surface area contributed by atoms with E-state index in [9.17, 15) is 55.2 Å². The molecule has 1 unspecified atom stereocenters. The number of carbonyl (C=O) groups excluding carboxylic acids is 3. The summed E-state index contributed by atoms with van der Waals surface area (Å²) in [5, 5.41) is 85.2. The van der Waals surface area contributed by atoms with Crippen molar-refractivity contribution >= 4 is 17.9 Å². The lowest BCUT2D eigenvalue weighted by atomic mass is 9.88. The number of aliphatic hydroxyl groups is 8. The third-order valence-corrected chi connectivity index (χ3v) is 6.11. The highest BCUT2D eigenvalue weighted by atomic mass is 17.0. The van der Waals surface area contributed by atoms with Gasteiger partial charge in [0.15, 0.2) is 6.10 Å². The van der Waals surface area contributed by atoms with Crippen molar-refractivity contribution in [1.82, 2.24) is 0 Å². The van der Waals surface area contributed by atoms with Gasteiger partial charge in [0.25, 0.3) is 0 Å². The summed E-state index contributed by atoms with van der Waals surface area (Å²) in [5.41, 5.74) is -1.43. The van der Waals surface area contributed by atoms with E-state index in [0.29, 0.717) is 0 Å². The smallest absolute Gasteiger partial charge is 0.409 e. The standard InChI is InChI=1S/C24H34O17/c1-10(2)18(31)38-22(34)16(29)14(8-26)37-24(40-20(33)12(5)6,23(22,35)39-19(32)11(3)4)41-21(9-27)17(30)15(28)13(7-25)36-21/h13-17,25-30,34-35H,1,3,5,7-9H2,2,4,6H3/t13-,14-,15-,16-,17+,21?,22-,23+,24+/m1/s1. The van der Waals surface area contributed by atoms with Gasteiger partial charge in [-0.1, -0.05) is 19.7 Å². The molecule has 0 bridgehead atoms. The Kier molecular flexibility index (Phi) is 10.2. The van der Waals surface area contributed by atoms with Gasteiger partial charge in [0.1, 0.15) is 31.0 Å². The van der Waals surface area contributed by atoms with Gasteiger partial charge in [0, 0.05) is 16.7 Å². The number of hydrogen-bond donors (Lipinski definition) is 8. The molecule has 41 heavy (non-hydrogen) atoms. The largest absolute Gasteiger partial charge is 0.419 e. The highest BCUT2D eigenvalue weighted by Crippen LogP contribution is 2.51. The van der Waals surface area contributed by atoms with E-state index in [0.717, 1.165) is 20.8 Å². The van der Waals surface area contributed by atoms with Crippen molar-refractivity contribution in [3.63, 3.8) is 0 Å². The molecule has 0 aliphatic carbocycles. The summed E-state index contributed by atoms with van der Waals surface area (Å²) in [5.74, 6) is -20.0. The average Bonchev–Trinajstić information content (AvgIpc) is 3.14. The first kappa shape index (κ1) is 34.4. The Balaban J connectivity index is 3.00. The lowest BCUT2D eigenvalue weighted by Gasteiger charge is -2.56. The second-order valence-corrected chi connectivity index (χ2v) is 9.54. The molecule has 0 aromatic heterocycles. The van der Waals surface area contributed by atoms with Crippen LogP contribution in [0.5, 0.6) is 0 Å². The van der Waals surface area contributed by atoms with Crippen LogP contribution in [0.4, 0.5) is 0 Å². The van der Waals surface area contributed by atoms with Crippen molar-refractivity contribution in [3.8, 4) is 0 Å². The molecule has 0 amide bonds. The van der Waals surface area contributed by atoms with E-state index in [1.165, 1.54) is 0 Å². The SMILES string of the molecule is C=C(C)C(=O)O[C@@]1(OC2(CO)O[C@H](CO)[C@@H](O)[C@@H]2O)O[C@H](CO)[C@@H](O)[C@@](O)(OC(=O)C(=C)C)[C@]1(O)OC(=O)C(=C)C. The summed E-state index contributed by atoms with van der Waals surface area (Å²) in [6.07, 6.45) is -11.0. The molecule has 232 valence electrons. The second-order valence-electron chi connectivity index (χ2n) is 9.54. The van der Waals surface area contributed by atoms with E-state index in [1.54, 1.807) is 0 Å². The minimum atomic E-state index is -4.25. The summed E-state index contributed by atoms with van der Waals surface area (Å²) in [4.78, 5) is 38.1. The molecule has 2 aliphatic heterocycles. The molecule has 9 atom stereocenters. The Morgan fingerprint density at radius 2 is 1.20 bits per heavy atom. The Morgan fingerprint density at radius 3 is 1.61 bits per heavy atom. The Morgan fingerprint density at radius 1 is 0.732 bits per heavy atom. The maximum absolute atomic E-state index is 12.8. The molecule has 0 spiro atoms. The first-order chi connectivity index (χ1) is 18.8. The van der Waals surface area contributed by atoms with Crippen LogP contribution in [0.2, 0.25) is 0 Å². The fourth-order valence-electron chi connectivity index (χ4n) is 3.76. The third-order valence-electron chi connectivity index (χ3n) is 6.11. The summed E-state index contributed by atoms with van der Waals surface area (Å²) in [7, 11) is 0. The molecule has 0 aromatic carbocycles. The molecular weight excluding hydrogens is 560 g/mol. The second kappa shape index (κ2) is 12.2. The maximum atomic E-state index is 12.8. The highest BCUT2D eigenvalue weighted by molar-refractivity contribution is 5.89. The molecular formula is C24H34O17. The topological polar surface area (TPSA) is 268 Å². The van der Waals surface area contributed by atoms with Crippen molar-refractivity contribution in [3.05, 3.63) is 36.5 Å². The molecule has 2 fully saturated rings. The van der Waals surface area contributed by atoms with Gasteiger partial charge in [0.2, 0.25) is 5.79 Å². The van der Waals surface area contributed by atoms with Gasteiger partial charge in [-0.25, -0.2) is 14.4 Å². The van der Waals surface area contributed by atoms with Crippen LogP contribution >= 0.6 is 0 Å².